The van der Waals surface area contributed by atoms with E-state index < -0.39 is 11.6 Å². The van der Waals surface area contributed by atoms with E-state index in [4.69, 9.17) is 10.5 Å². The average Bonchev–Trinajstić information content (AvgIpc) is 2.86. The van der Waals surface area contributed by atoms with Crippen LogP contribution in [0.15, 0.2) is 12.4 Å². The summed E-state index contributed by atoms with van der Waals surface area (Å²) < 4.78 is 7.64. The lowest BCUT2D eigenvalue weighted by atomic mass is 9.96. The van der Waals surface area contributed by atoms with Crippen LogP contribution in [0.25, 0.3) is 0 Å². The summed E-state index contributed by atoms with van der Waals surface area (Å²) in [4.78, 5) is 14.2. The van der Waals surface area contributed by atoms with Gasteiger partial charge in [-0.3, -0.25) is 9.48 Å². The van der Waals surface area contributed by atoms with E-state index in [2.05, 4.69) is 5.10 Å². The molecule has 1 fully saturated rings. The van der Waals surface area contributed by atoms with Crippen molar-refractivity contribution in [2.75, 3.05) is 19.7 Å². The van der Waals surface area contributed by atoms with Gasteiger partial charge in [-0.2, -0.15) is 5.10 Å². The number of aryl methyl sites for hydroxylation is 1. The van der Waals surface area contributed by atoms with Crippen LogP contribution in [0.2, 0.25) is 0 Å². The maximum atomic E-state index is 12.3. The lowest BCUT2D eigenvalue weighted by Gasteiger charge is -2.40. The molecular weight excluding hydrogens is 292 g/mol. The van der Waals surface area contributed by atoms with E-state index in [1.807, 2.05) is 32.0 Å². The molecule has 21 heavy (non-hydrogen) atoms. The molecule has 2 rings (SSSR count). The molecule has 1 aromatic heterocycles. The second-order valence-corrected chi connectivity index (χ2v) is 5.64. The number of nitrogens with two attached hydrogens (primary N) is 1. The third kappa shape index (κ3) is 3.96. The standard InChI is InChI=1S/C14H24N4O2.ClH/c1-4-5-12(15)13(19)18-6-7-20-14(2,10-18)11-8-16-17(3)9-11;/h8-9,12H,4-7,10,15H2,1-3H3;1H. The Hall–Kier alpha value is -1.11. The van der Waals surface area contributed by atoms with Gasteiger partial charge in [0.1, 0.15) is 5.60 Å². The molecule has 1 aliphatic heterocycles. The number of morpholine rings is 1. The summed E-state index contributed by atoms with van der Waals surface area (Å²) in [6.45, 7) is 5.68. The molecule has 1 saturated heterocycles. The molecule has 0 spiro atoms. The van der Waals surface area contributed by atoms with Gasteiger partial charge in [0.25, 0.3) is 0 Å². The van der Waals surface area contributed by atoms with Crippen LogP contribution >= 0.6 is 12.4 Å². The first-order valence-corrected chi connectivity index (χ1v) is 7.13. The Balaban J connectivity index is 0.00000220. The van der Waals surface area contributed by atoms with Crippen LogP contribution in [0, 0.1) is 0 Å². The van der Waals surface area contributed by atoms with Gasteiger partial charge in [-0.15, -0.1) is 12.4 Å². The van der Waals surface area contributed by atoms with Crippen molar-refractivity contribution < 1.29 is 9.53 Å². The quantitative estimate of drug-likeness (QED) is 0.901. The molecule has 2 heterocycles. The number of hydrogen-bond donors (Lipinski definition) is 1. The molecule has 7 heteroatoms. The molecule has 0 saturated carbocycles. The lowest BCUT2D eigenvalue weighted by Crippen LogP contribution is -2.54. The van der Waals surface area contributed by atoms with Crippen molar-refractivity contribution in [3.8, 4) is 0 Å². The van der Waals surface area contributed by atoms with E-state index in [0.717, 1.165) is 18.4 Å². The van der Waals surface area contributed by atoms with Gasteiger partial charge in [0.2, 0.25) is 5.91 Å². The zero-order valence-corrected chi connectivity index (χ0v) is 13.7. The molecule has 6 nitrogen and oxygen atoms in total. The summed E-state index contributed by atoms with van der Waals surface area (Å²) in [7, 11) is 1.87. The number of carbonyl (C=O) groups is 1. The molecule has 0 radical (unpaired) electrons. The van der Waals surface area contributed by atoms with Crippen molar-refractivity contribution in [1.29, 1.82) is 0 Å². The largest absolute Gasteiger partial charge is 0.367 e. The highest BCUT2D eigenvalue weighted by Crippen LogP contribution is 2.29. The van der Waals surface area contributed by atoms with Crippen molar-refractivity contribution in [3.63, 3.8) is 0 Å². The van der Waals surface area contributed by atoms with E-state index >= 15 is 0 Å². The van der Waals surface area contributed by atoms with E-state index in [1.54, 1.807) is 10.9 Å². The van der Waals surface area contributed by atoms with Gasteiger partial charge in [-0.1, -0.05) is 13.3 Å². The highest BCUT2D eigenvalue weighted by molar-refractivity contribution is 5.85. The molecule has 1 aromatic rings. The number of nitrogens with zero attached hydrogens (tertiary/aromatic N) is 3. The van der Waals surface area contributed by atoms with Gasteiger partial charge >= 0.3 is 0 Å². The summed E-state index contributed by atoms with van der Waals surface area (Å²) in [6, 6.07) is -0.406. The third-order valence-corrected chi connectivity index (χ3v) is 3.82. The molecule has 2 atom stereocenters. The van der Waals surface area contributed by atoms with Crippen LogP contribution in [0.1, 0.15) is 32.3 Å². The fraction of sp³-hybridized carbons (Fsp3) is 0.714. The van der Waals surface area contributed by atoms with Gasteiger partial charge in [0.15, 0.2) is 0 Å². The monoisotopic (exact) mass is 316 g/mol. The van der Waals surface area contributed by atoms with Crippen LogP contribution in [0.5, 0.6) is 0 Å². The zero-order chi connectivity index (χ0) is 14.8. The first kappa shape index (κ1) is 17.9. The van der Waals surface area contributed by atoms with Crippen molar-refractivity contribution in [2.24, 2.45) is 12.8 Å². The maximum Gasteiger partial charge on any atom is 0.239 e. The number of hydrogen-bond acceptors (Lipinski definition) is 4. The van der Waals surface area contributed by atoms with E-state index in [1.165, 1.54) is 0 Å². The van der Waals surface area contributed by atoms with Gasteiger partial charge in [0.05, 0.1) is 25.4 Å². The topological polar surface area (TPSA) is 73.4 Å². The predicted molar refractivity (Wildman–Crippen MR) is 83.2 cm³/mol. The minimum atomic E-state index is -0.506. The number of halogens is 1. The smallest absolute Gasteiger partial charge is 0.239 e. The summed E-state index contributed by atoms with van der Waals surface area (Å²) in [5.74, 6) is 0.0188. The minimum Gasteiger partial charge on any atom is -0.367 e. The van der Waals surface area contributed by atoms with Crippen LogP contribution in [0.3, 0.4) is 0 Å². The van der Waals surface area contributed by atoms with E-state index in [-0.39, 0.29) is 18.3 Å². The highest BCUT2D eigenvalue weighted by atomic mass is 35.5. The van der Waals surface area contributed by atoms with Gasteiger partial charge in [0, 0.05) is 25.4 Å². The lowest BCUT2D eigenvalue weighted by molar-refractivity contribution is -0.151. The average molecular weight is 317 g/mol. The SMILES string of the molecule is CCCC(N)C(=O)N1CCOC(C)(c2cnn(C)c2)C1.Cl. The van der Waals surface area contributed by atoms with Crippen molar-refractivity contribution in [3.05, 3.63) is 18.0 Å². The van der Waals surface area contributed by atoms with Crippen LogP contribution in [-0.2, 0) is 22.2 Å². The van der Waals surface area contributed by atoms with E-state index in [0.29, 0.717) is 19.7 Å². The number of rotatable bonds is 4. The predicted octanol–water partition coefficient (Wildman–Crippen LogP) is 1.04. The van der Waals surface area contributed by atoms with Crippen LogP contribution < -0.4 is 5.73 Å². The molecule has 0 bridgehead atoms. The van der Waals surface area contributed by atoms with Gasteiger partial charge in [-0.25, -0.2) is 0 Å². The summed E-state index contributed by atoms with van der Waals surface area (Å²) in [6.07, 6.45) is 5.36. The molecule has 2 N–H and O–H groups in total. The first-order valence-electron chi connectivity index (χ1n) is 7.13. The van der Waals surface area contributed by atoms with Crippen molar-refractivity contribution >= 4 is 18.3 Å². The Morgan fingerprint density at radius 2 is 2.33 bits per heavy atom. The molecule has 1 aliphatic rings. The van der Waals surface area contributed by atoms with Gasteiger partial charge < -0.3 is 15.4 Å². The van der Waals surface area contributed by atoms with Gasteiger partial charge in [-0.05, 0) is 13.3 Å². The summed E-state index contributed by atoms with van der Waals surface area (Å²) in [5, 5.41) is 4.18. The first-order chi connectivity index (χ1) is 9.46. The number of carbonyl (C=O) groups excluding carboxylic acids is 1. The number of aromatic nitrogens is 2. The number of ether oxygens (including phenoxy) is 1. The fourth-order valence-electron chi connectivity index (χ4n) is 2.60. The molecule has 0 aliphatic carbocycles. The van der Waals surface area contributed by atoms with Crippen molar-refractivity contribution in [1.82, 2.24) is 14.7 Å². The third-order valence-electron chi connectivity index (χ3n) is 3.82. The Morgan fingerprint density at radius 3 is 2.90 bits per heavy atom. The molecule has 0 aromatic carbocycles. The molecular formula is C14H25ClN4O2. The summed E-state index contributed by atoms with van der Waals surface area (Å²) in [5.41, 5.74) is 6.42. The molecule has 1 amide bonds. The Bertz CT molecular complexity index is 479. The number of amides is 1. The normalized spacial score (nSPS) is 23.5. The second-order valence-electron chi connectivity index (χ2n) is 5.64. The van der Waals surface area contributed by atoms with Crippen molar-refractivity contribution in [2.45, 2.75) is 38.3 Å². The van der Waals surface area contributed by atoms with Crippen LogP contribution in [-0.4, -0.2) is 46.3 Å². The Kier molecular flexibility index (Phi) is 6.19. The minimum absolute atomic E-state index is 0. The molecule has 120 valence electrons. The maximum absolute atomic E-state index is 12.3. The van der Waals surface area contributed by atoms with Crippen LogP contribution in [0.4, 0.5) is 0 Å². The Morgan fingerprint density at radius 1 is 1.62 bits per heavy atom. The second kappa shape index (κ2) is 7.24. The summed E-state index contributed by atoms with van der Waals surface area (Å²) >= 11 is 0. The Labute approximate surface area is 132 Å². The fourth-order valence-corrected chi connectivity index (χ4v) is 2.60. The highest BCUT2D eigenvalue weighted by Gasteiger charge is 2.37. The molecule has 2 unspecified atom stereocenters. The zero-order valence-electron chi connectivity index (χ0n) is 12.9. The van der Waals surface area contributed by atoms with E-state index in [9.17, 15) is 4.79 Å².